The van der Waals surface area contributed by atoms with Gasteiger partial charge in [0, 0.05) is 12.2 Å². The molecule has 106 valence electrons. The van der Waals surface area contributed by atoms with Gasteiger partial charge in [0.1, 0.15) is 18.2 Å². The van der Waals surface area contributed by atoms with Crippen LogP contribution in [0.5, 0.6) is 5.75 Å². The molecule has 0 saturated heterocycles. The van der Waals surface area contributed by atoms with Crippen LogP contribution in [0.3, 0.4) is 0 Å². The number of hydrogen-bond acceptors (Lipinski definition) is 2. The first kappa shape index (κ1) is 14.4. The summed E-state index contributed by atoms with van der Waals surface area (Å²) in [6.07, 6.45) is 0. The van der Waals surface area contributed by atoms with Gasteiger partial charge in [-0.1, -0.05) is 26.0 Å². The van der Waals surface area contributed by atoms with Gasteiger partial charge in [-0.05, 0) is 47.9 Å². The Morgan fingerprint density at radius 3 is 2.55 bits per heavy atom. The number of nitrogens with one attached hydrogen (secondary N) is 1. The van der Waals surface area contributed by atoms with Crippen LogP contribution in [0.25, 0.3) is 0 Å². The second-order valence-corrected chi connectivity index (χ2v) is 5.01. The minimum atomic E-state index is -0.225. The predicted octanol–water partition coefficient (Wildman–Crippen LogP) is 4.44. The molecule has 2 aromatic carbocycles. The van der Waals surface area contributed by atoms with Gasteiger partial charge in [-0.25, -0.2) is 4.39 Å². The molecule has 0 radical (unpaired) electrons. The highest BCUT2D eigenvalue weighted by molar-refractivity contribution is 5.42. The standard InChI is InChI=1S/C17H20FNO/c1-13(2)14-4-3-5-17(12-14)20-11-10-19-16-8-6-15(18)7-9-16/h3-9,12-13,19H,10-11H2,1-2H3. The van der Waals surface area contributed by atoms with Gasteiger partial charge in [-0.2, -0.15) is 0 Å². The Labute approximate surface area is 119 Å². The van der Waals surface area contributed by atoms with E-state index >= 15 is 0 Å². The maximum absolute atomic E-state index is 12.7. The third-order valence-corrected chi connectivity index (χ3v) is 3.07. The molecule has 0 amide bonds. The van der Waals surface area contributed by atoms with Gasteiger partial charge in [-0.15, -0.1) is 0 Å². The van der Waals surface area contributed by atoms with Gasteiger partial charge in [0.15, 0.2) is 0 Å². The van der Waals surface area contributed by atoms with Gasteiger partial charge in [0.05, 0.1) is 0 Å². The van der Waals surface area contributed by atoms with E-state index in [1.165, 1.54) is 17.7 Å². The first-order valence-corrected chi connectivity index (χ1v) is 6.87. The molecule has 1 N–H and O–H groups in total. The molecule has 0 unspecified atom stereocenters. The molecule has 0 saturated carbocycles. The van der Waals surface area contributed by atoms with Crippen molar-refractivity contribution in [1.82, 2.24) is 0 Å². The van der Waals surface area contributed by atoms with E-state index < -0.39 is 0 Å². The van der Waals surface area contributed by atoms with Crippen LogP contribution in [0.1, 0.15) is 25.3 Å². The Morgan fingerprint density at radius 2 is 1.85 bits per heavy atom. The van der Waals surface area contributed by atoms with Crippen LogP contribution in [0.2, 0.25) is 0 Å². The normalized spacial score (nSPS) is 10.6. The summed E-state index contributed by atoms with van der Waals surface area (Å²) in [5.74, 6) is 1.16. The number of hydrogen-bond donors (Lipinski definition) is 1. The molecule has 0 heterocycles. The lowest BCUT2D eigenvalue weighted by molar-refractivity contribution is 0.332. The molecular weight excluding hydrogens is 253 g/mol. The van der Waals surface area contributed by atoms with Crippen molar-refractivity contribution in [3.8, 4) is 5.75 Å². The summed E-state index contributed by atoms with van der Waals surface area (Å²) in [4.78, 5) is 0. The third-order valence-electron chi connectivity index (χ3n) is 3.07. The third kappa shape index (κ3) is 4.26. The fraction of sp³-hybridized carbons (Fsp3) is 0.294. The van der Waals surface area contributed by atoms with E-state index in [2.05, 4.69) is 31.3 Å². The Balaban J connectivity index is 1.78. The lowest BCUT2D eigenvalue weighted by Crippen LogP contribution is -2.11. The average Bonchev–Trinajstić information content (AvgIpc) is 2.46. The largest absolute Gasteiger partial charge is 0.492 e. The van der Waals surface area contributed by atoms with E-state index in [1.807, 2.05) is 12.1 Å². The molecule has 0 aliphatic rings. The van der Waals surface area contributed by atoms with Gasteiger partial charge in [-0.3, -0.25) is 0 Å². The molecule has 0 aromatic heterocycles. The molecule has 0 bridgehead atoms. The SMILES string of the molecule is CC(C)c1cccc(OCCNc2ccc(F)cc2)c1. The second kappa shape index (κ2) is 6.94. The Bertz CT molecular complexity index is 537. The summed E-state index contributed by atoms with van der Waals surface area (Å²) in [5, 5.41) is 3.19. The Hall–Kier alpha value is -2.03. The monoisotopic (exact) mass is 273 g/mol. The maximum Gasteiger partial charge on any atom is 0.123 e. The van der Waals surface area contributed by atoms with E-state index in [9.17, 15) is 4.39 Å². The van der Waals surface area contributed by atoms with Crippen LogP contribution in [0, 0.1) is 5.82 Å². The molecule has 0 spiro atoms. The topological polar surface area (TPSA) is 21.3 Å². The molecule has 3 heteroatoms. The Kier molecular flexibility index (Phi) is 4.99. The zero-order chi connectivity index (χ0) is 14.4. The van der Waals surface area contributed by atoms with Crippen LogP contribution in [0.4, 0.5) is 10.1 Å². The summed E-state index contributed by atoms with van der Waals surface area (Å²) < 4.78 is 18.5. The summed E-state index contributed by atoms with van der Waals surface area (Å²) in [5.41, 5.74) is 2.17. The summed E-state index contributed by atoms with van der Waals surface area (Å²) in [7, 11) is 0. The molecule has 2 nitrogen and oxygen atoms in total. The van der Waals surface area contributed by atoms with Crippen molar-refractivity contribution in [2.45, 2.75) is 19.8 Å². The zero-order valence-corrected chi connectivity index (χ0v) is 11.9. The predicted molar refractivity (Wildman–Crippen MR) is 80.9 cm³/mol. The van der Waals surface area contributed by atoms with Crippen molar-refractivity contribution in [3.63, 3.8) is 0 Å². The van der Waals surface area contributed by atoms with E-state index in [-0.39, 0.29) is 5.82 Å². The Morgan fingerprint density at radius 1 is 1.10 bits per heavy atom. The van der Waals surface area contributed by atoms with Crippen LogP contribution >= 0.6 is 0 Å². The minimum absolute atomic E-state index is 0.225. The molecule has 0 atom stereocenters. The van der Waals surface area contributed by atoms with Crippen molar-refractivity contribution in [2.75, 3.05) is 18.5 Å². The highest BCUT2D eigenvalue weighted by atomic mass is 19.1. The number of benzene rings is 2. The van der Waals surface area contributed by atoms with Crippen LogP contribution in [-0.2, 0) is 0 Å². The van der Waals surface area contributed by atoms with Crippen molar-refractivity contribution < 1.29 is 9.13 Å². The maximum atomic E-state index is 12.7. The van der Waals surface area contributed by atoms with E-state index in [0.717, 1.165) is 11.4 Å². The smallest absolute Gasteiger partial charge is 0.123 e. The van der Waals surface area contributed by atoms with E-state index in [0.29, 0.717) is 19.1 Å². The first-order valence-electron chi connectivity index (χ1n) is 6.87. The zero-order valence-electron chi connectivity index (χ0n) is 11.9. The molecule has 2 rings (SSSR count). The minimum Gasteiger partial charge on any atom is -0.492 e. The van der Waals surface area contributed by atoms with Crippen LogP contribution in [-0.4, -0.2) is 13.2 Å². The fourth-order valence-corrected chi connectivity index (χ4v) is 1.90. The molecule has 0 fully saturated rings. The van der Waals surface area contributed by atoms with Crippen LogP contribution in [0.15, 0.2) is 48.5 Å². The second-order valence-electron chi connectivity index (χ2n) is 5.01. The number of halogens is 1. The first-order chi connectivity index (χ1) is 9.65. The van der Waals surface area contributed by atoms with Crippen molar-refractivity contribution in [2.24, 2.45) is 0 Å². The lowest BCUT2D eigenvalue weighted by Gasteiger charge is -2.11. The summed E-state index contributed by atoms with van der Waals surface area (Å²) in [6.45, 7) is 5.57. The molecule has 0 aliphatic carbocycles. The molecular formula is C17H20FNO. The summed E-state index contributed by atoms with van der Waals surface area (Å²) >= 11 is 0. The number of anilines is 1. The quantitative estimate of drug-likeness (QED) is 0.786. The van der Waals surface area contributed by atoms with E-state index in [4.69, 9.17) is 4.74 Å². The van der Waals surface area contributed by atoms with Gasteiger partial charge >= 0.3 is 0 Å². The van der Waals surface area contributed by atoms with Gasteiger partial charge < -0.3 is 10.1 Å². The van der Waals surface area contributed by atoms with Crippen molar-refractivity contribution in [1.29, 1.82) is 0 Å². The molecule has 20 heavy (non-hydrogen) atoms. The number of ether oxygens (including phenoxy) is 1. The number of rotatable bonds is 6. The van der Waals surface area contributed by atoms with E-state index in [1.54, 1.807) is 12.1 Å². The summed E-state index contributed by atoms with van der Waals surface area (Å²) in [6, 6.07) is 14.5. The highest BCUT2D eigenvalue weighted by Gasteiger charge is 2.01. The van der Waals surface area contributed by atoms with Crippen LogP contribution < -0.4 is 10.1 Å². The van der Waals surface area contributed by atoms with Crippen molar-refractivity contribution >= 4 is 5.69 Å². The molecule has 2 aromatic rings. The van der Waals surface area contributed by atoms with Gasteiger partial charge in [0.25, 0.3) is 0 Å². The fourth-order valence-electron chi connectivity index (χ4n) is 1.90. The van der Waals surface area contributed by atoms with Gasteiger partial charge in [0.2, 0.25) is 0 Å². The average molecular weight is 273 g/mol. The lowest BCUT2D eigenvalue weighted by atomic mass is 10.0. The van der Waals surface area contributed by atoms with Crippen molar-refractivity contribution in [3.05, 3.63) is 59.9 Å². The molecule has 0 aliphatic heterocycles. The highest BCUT2D eigenvalue weighted by Crippen LogP contribution is 2.20.